The van der Waals surface area contributed by atoms with Crippen LogP contribution in [0.3, 0.4) is 0 Å². The molecular formula is C13H12ClN3O2. The summed E-state index contributed by atoms with van der Waals surface area (Å²) in [6, 6.07) is 9.77. The summed E-state index contributed by atoms with van der Waals surface area (Å²) in [7, 11) is 0. The molecule has 0 aliphatic heterocycles. The van der Waals surface area contributed by atoms with Crippen LogP contribution in [0.15, 0.2) is 36.4 Å². The van der Waals surface area contributed by atoms with Crippen molar-refractivity contribution >= 4 is 34.4 Å². The van der Waals surface area contributed by atoms with Crippen molar-refractivity contribution in [1.82, 2.24) is 0 Å². The molecule has 0 fully saturated rings. The predicted molar refractivity (Wildman–Crippen MR) is 77.0 cm³/mol. The molecular weight excluding hydrogens is 266 g/mol. The molecule has 0 unspecified atom stereocenters. The van der Waals surface area contributed by atoms with Gasteiger partial charge in [-0.3, -0.25) is 10.1 Å². The second-order valence-electron chi connectivity index (χ2n) is 4.07. The van der Waals surface area contributed by atoms with Gasteiger partial charge >= 0.3 is 0 Å². The van der Waals surface area contributed by atoms with E-state index in [1.165, 1.54) is 12.1 Å². The molecule has 0 atom stereocenters. The number of nitrogens with two attached hydrogens (primary N) is 1. The molecule has 0 saturated carbocycles. The van der Waals surface area contributed by atoms with E-state index < -0.39 is 4.92 Å². The van der Waals surface area contributed by atoms with Crippen molar-refractivity contribution < 1.29 is 4.92 Å². The van der Waals surface area contributed by atoms with E-state index in [4.69, 9.17) is 17.3 Å². The summed E-state index contributed by atoms with van der Waals surface area (Å²) in [4.78, 5) is 10.2. The first-order valence-corrected chi connectivity index (χ1v) is 5.93. The lowest BCUT2D eigenvalue weighted by molar-refractivity contribution is -0.384. The fourth-order valence-corrected chi connectivity index (χ4v) is 1.84. The highest BCUT2D eigenvalue weighted by atomic mass is 35.5. The molecule has 0 bridgehead atoms. The van der Waals surface area contributed by atoms with Gasteiger partial charge in [0.25, 0.3) is 5.69 Å². The van der Waals surface area contributed by atoms with Gasteiger partial charge in [-0.05, 0) is 30.7 Å². The maximum Gasteiger partial charge on any atom is 0.271 e. The summed E-state index contributed by atoms with van der Waals surface area (Å²) < 4.78 is 0. The third-order valence-corrected chi connectivity index (χ3v) is 3.19. The fourth-order valence-electron chi connectivity index (χ4n) is 1.67. The molecule has 0 aliphatic carbocycles. The number of hydrogen-bond donors (Lipinski definition) is 2. The average Bonchev–Trinajstić information content (AvgIpc) is 2.37. The SMILES string of the molecule is Cc1c(Cl)cccc1Nc1ccc([N+](=O)[O-])cc1N. The Hall–Kier alpha value is -2.27. The highest BCUT2D eigenvalue weighted by Gasteiger charge is 2.10. The zero-order valence-electron chi connectivity index (χ0n) is 10.2. The quantitative estimate of drug-likeness (QED) is 0.507. The number of halogens is 1. The number of nitro benzene ring substituents is 1. The summed E-state index contributed by atoms with van der Waals surface area (Å²) >= 11 is 6.03. The average molecular weight is 278 g/mol. The molecule has 3 N–H and O–H groups in total. The predicted octanol–water partition coefficient (Wildman–Crippen LogP) is 3.88. The van der Waals surface area contributed by atoms with E-state index in [0.29, 0.717) is 16.4 Å². The van der Waals surface area contributed by atoms with Crippen molar-refractivity contribution in [2.24, 2.45) is 0 Å². The van der Waals surface area contributed by atoms with Crippen LogP contribution in [0.1, 0.15) is 5.56 Å². The van der Waals surface area contributed by atoms with E-state index in [2.05, 4.69) is 5.32 Å². The largest absolute Gasteiger partial charge is 0.397 e. The van der Waals surface area contributed by atoms with Gasteiger partial charge in [-0.15, -0.1) is 0 Å². The number of non-ortho nitro benzene ring substituents is 1. The number of hydrogen-bond acceptors (Lipinski definition) is 4. The maximum atomic E-state index is 10.6. The van der Waals surface area contributed by atoms with Gasteiger partial charge in [-0.25, -0.2) is 0 Å². The minimum absolute atomic E-state index is 0.0362. The van der Waals surface area contributed by atoms with Crippen molar-refractivity contribution in [3.05, 3.63) is 57.1 Å². The smallest absolute Gasteiger partial charge is 0.271 e. The first-order chi connectivity index (χ1) is 8.99. The fraction of sp³-hybridized carbons (Fsp3) is 0.0769. The topological polar surface area (TPSA) is 81.2 Å². The van der Waals surface area contributed by atoms with Crippen molar-refractivity contribution in [2.45, 2.75) is 6.92 Å². The molecule has 0 amide bonds. The van der Waals surface area contributed by atoms with Crippen LogP contribution in [-0.4, -0.2) is 4.92 Å². The van der Waals surface area contributed by atoms with Gasteiger partial charge in [0.05, 0.1) is 16.3 Å². The first kappa shape index (κ1) is 13.2. The molecule has 0 spiro atoms. The van der Waals surface area contributed by atoms with Gasteiger partial charge in [-0.2, -0.15) is 0 Å². The Morgan fingerprint density at radius 3 is 2.63 bits per heavy atom. The van der Waals surface area contributed by atoms with Crippen LogP contribution in [0, 0.1) is 17.0 Å². The molecule has 19 heavy (non-hydrogen) atoms. The number of nitrogen functional groups attached to an aromatic ring is 1. The maximum absolute atomic E-state index is 10.6. The van der Waals surface area contributed by atoms with Gasteiger partial charge in [0.15, 0.2) is 0 Å². The Kier molecular flexibility index (Phi) is 3.57. The van der Waals surface area contributed by atoms with Crippen LogP contribution in [0.2, 0.25) is 5.02 Å². The van der Waals surface area contributed by atoms with Gasteiger partial charge in [0.2, 0.25) is 0 Å². The van der Waals surface area contributed by atoms with Gasteiger partial charge < -0.3 is 11.1 Å². The lowest BCUT2D eigenvalue weighted by Gasteiger charge is -2.12. The zero-order chi connectivity index (χ0) is 14.0. The number of rotatable bonds is 3. The Balaban J connectivity index is 2.34. The van der Waals surface area contributed by atoms with E-state index in [9.17, 15) is 10.1 Å². The monoisotopic (exact) mass is 277 g/mol. The molecule has 5 nitrogen and oxygen atoms in total. The van der Waals surface area contributed by atoms with Crippen molar-refractivity contribution in [2.75, 3.05) is 11.1 Å². The normalized spacial score (nSPS) is 10.2. The van der Waals surface area contributed by atoms with E-state index >= 15 is 0 Å². The molecule has 0 aliphatic rings. The van der Waals surface area contributed by atoms with E-state index in [0.717, 1.165) is 11.3 Å². The number of nitrogens with one attached hydrogen (secondary N) is 1. The van der Waals surface area contributed by atoms with Crippen molar-refractivity contribution in [1.29, 1.82) is 0 Å². The van der Waals surface area contributed by atoms with Gasteiger partial charge in [0.1, 0.15) is 0 Å². The van der Waals surface area contributed by atoms with E-state index in [1.807, 2.05) is 19.1 Å². The van der Waals surface area contributed by atoms with Crippen LogP contribution >= 0.6 is 11.6 Å². The van der Waals surface area contributed by atoms with Crippen molar-refractivity contribution in [3.63, 3.8) is 0 Å². The first-order valence-electron chi connectivity index (χ1n) is 5.55. The highest BCUT2D eigenvalue weighted by molar-refractivity contribution is 6.31. The summed E-state index contributed by atoms with van der Waals surface area (Å²) in [5.41, 5.74) is 8.38. The molecule has 2 rings (SSSR count). The third-order valence-electron chi connectivity index (χ3n) is 2.78. The molecule has 0 saturated heterocycles. The Morgan fingerprint density at radius 1 is 1.26 bits per heavy atom. The van der Waals surface area contributed by atoms with Crippen molar-refractivity contribution in [3.8, 4) is 0 Å². The zero-order valence-corrected chi connectivity index (χ0v) is 10.9. The minimum Gasteiger partial charge on any atom is -0.397 e. The van der Waals surface area contributed by atoms with E-state index in [1.54, 1.807) is 12.1 Å². The Morgan fingerprint density at radius 2 is 2.00 bits per heavy atom. The van der Waals surface area contributed by atoms with Crippen LogP contribution < -0.4 is 11.1 Å². The van der Waals surface area contributed by atoms with Gasteiger partial charge in [0, 0.05) is 22.8 Å². The third kappa shape index (κ3) is 2.77. The van der Waals surface area contributed by atoms with Crippen LogP contribution in [0.4, 0.5) is 22.7 Å². The number of nitrogens with zero attached hydrogens (tertiary/aromatic N) is 1. The van der Waals surface area contributed by atoms with Gasteiger partial charge in [-0.1, -0.05) is 17.7 Å². The Bertz CT molecular complexity index is 644. The van der Waals surface area contributed by atoms with E-state index in [-0.39, 0.29) is 5.69 Å². The molecule has 0 heterocycles. The number of anilines is 3. The Labute approximate surface area is 115 Å². The highest BCUT2D eigenvalue weighted by Crippen LogP contribution is 2.30. The molecule has 0 aromatic heterocycles. The standard InChI is InChI=1S/C13H12ClN3O2/c1-8-10(14)3-2-4-12(8)16-13-6-5-9(17(18)19)7-11(13)15/h2-7,16H,15H2,1H3. The minimum atomic E-state index is -0.481. The second-order valence-corrected chi connectivity index (χ2v) is 4.47. The molecule has 2 aromatic carbocycles. The lowest BCUT2D eigenvalue weighted by atomic mass is 10.1. The molecule has 0 radical (unpaired) electrons. The van der Waals surface area contributed by atoms with Crippen LogP contribution in [0.5, 0.6) is 0 Å². The summed E-state index contributed by atoms with van der Waals surface area (Å²) in [6.07, 6.45) is 0. The summed E-state index contributed by atoms with van der Waals surface area (Å²) in [5, 5.41) is 14.4. The molecule has 98 valence electrons. The molecule has 2 aromatic rings. The summed E-state index contributed by atoms with van der Waals surface area (Å²) in [6.45, 7) is 1.88. The van der Waals surface area contributed by atoms with Crippen LogP contribution in [0.25, 0.3) is 0 Å². The summed E-state index contributed by atoms with van der Waals surface area (Å²) in [5.74, 6) is 0. The number of nitro groups is 1. The molecule has 6 heteroatoms. The second kappa shape index (κ2) is 5.16. The number of benzene rings is 2. The van der Waals surface area contributed by atoms with Crippen LogP contribution in [-0.2, 0) is 0 Å². The lowest BCUT2D eigenvalue weighted by Crippen LogP contribution is -1.99.